The van der Waals surface area contributed by atoms with Gasteiger partial charge in [-0.2, -0.15) is 9.41 Å². The maximum atomic E-state index is 13.2. The average Bonchev–Trinajstić information content (AvgIpc) is 2.80. The van der Waals surface area contributed by atoms with Crippen molar-refractivity contribution in [2.24, 2.45) is 5.10 Å². The summed E-state index contributed by atoms with van der Waals surface area (Å²) in [6.07, 6.45) is 3.50. The number of rotatable bonds is 9. The largest absolute Gasteiger partial charge is 0.272 e. The van der Waals surface area contributed by atoms with Gasteiger partial charge in [0.25, 0.3) is 5.91 Å². The van der Waals surface area contributed by atoms with E-state index in [1.807, 2.05) is 48.7 Å². The molecule has 0 aliphatic carbocycles. The van der Waals surface area contributed by atoms with E-state index >= 15 is 0 Å². The summed E-state index contributed by atoms with van der Waals surface area (Å²) in [5, 5.41) is 4.38. The van der Waals surface area contributed by atoms with Crippen molar-refractivity contribution in [1.29, 1.82) is 0 Å². The number of sulfonamides is 1. The summed E-state index contributed by atoms with van der Waals surface area (Å²) in [5.41, 5.74) is 3.98. The number of nitrogens with zero attached hydrogens (tertiary/aromatic N) is 2. The predicted molar refractivity (Wildman–Crippen MR) is 129 cm³/mol. The number of hydrogen-bond donors (Lipinski definition) is 1. The molecule has 0 fully saturated rings. The quantitative estimate of drug-likeness (QED) is 0.275. The highest BCUT2D eigenvalue weighted by Gasteiger charge is 2.26. The zero-order chi connectivity index (χ0) is 23.0. The normalized spacial score (nSPS) is 11.7. The number of thioether (sulfide) groups is 1. The number of benzene rings is 3. The van der Waals surface area contributed by atoms with E-state index in [1.54, 1.807) is 23.9 Å². The Bertz CT molecular complexity index is 1170. The maximum Gasteiger partial charge on any atom is 0.255 e. The van der Waals surface area contributed by atoms with Crippen molar-refractivity contribution in [3.8, 4) is 0 Å². The molecule has 0 bridgehead atoms. The topological polar surface area (TPSA) is 78.8 Å². The van der Waals surface area contributed by atoms with Crippen LogP contribution >= 0.6 is 23.4 Å². The van der Waals surface area contributed by atoms with Gasteiger partial charge < -0.3 is 0 Å². The summed E-state index contributed by atoms with van der Waals surface area (Å²) in [6, 6.07) is 22.6. The zero-order valence-corrected chi connectivity index (χ0v) is 19.7. The predicted octanol–water partition coefficient (Wildman–Crippen LogP) is 4.40. The van der Waals surface area contributed by atoms with Crippen molar-refractivity contribution >= 4 is 45.5 Å². The van der Waals surface area contributed by atoms with E-state index < -0.39 is 15.9 Å². The van der Waals surface area contributed by atoms with Crippen LogP contribution in [0.5, 0.6) is 0 Å². The van der Waals surface area contributed by atoms with Crippen LogP contribution in [0.2, 0.25) is 5.02 Å². The number of carbonyl (C=O) groups is 1. The summed E-state index contributed by atoms with van der Waals surface area (Å²) < 4.78 is 27.5. The Hall–Kier alpha value is -2.65. The Balaban J connectivity index is 1.74. The molecule has 3 rings (SSSR count). The van der Waals surface area contributed by atoms with Gasteiger partial charge in [0.05, 0.1) is 17.7 Å². The highest BCUT2D eigenvalue weighted by molar-refractivity contribution is 7.98. The standard InChI is InChI=1S/C23H22ClN3O3S2/c1-31-21-11-7-18(8-12-21)15-25-26-23(28)17-27(16-19-5-3-2-4-6-19)32(29,30)22-13-9-20(24)10-14-22/h2-15H,16-17H2,1H3,(H,26,28)/b25-15-. The summed E-state index contributed by atoms with van der Waals surface area (Å²) in [4.78, 5) is 13.7. The number of halogens is 1. The molecule has 0 saturated carbocycles. The molecule has 0 heterocycles. The molecule has 0 aromatic heterocycles. The van der Waals surface area contributed by atoms with Crippen molar-refractivity contribution in [1.82, 2.24) is 9.73 Å². The van der Waals surface area contributed by atoms with Gasteiger partial charge in [-0.1, -0.05) is 54.1 Å². The van der Waals surface area contributed by atoms with E-state index in [9.17, 15) is 13.2 Å². The molecule has 32 heavy (non-hydrogen) atoms. The Kier molecular flexibility index (Phi) is 8.46. The monoisotopic (exact) mass is 487 g/mol. The second-order valence-electron chi connectivity index (χ2n) is 6.78. The van der Waals surface area contributed by atoms with Crippen LogP contribution < -0.4 is 5.43 Å². The first kappa shape index (κ1) is 24.0. The third-order valence-corrected chi connectivity index (χ3v) is 7.29. The SMILES string of the molecule is CSc1ccc(/C=N\NC(=O)CN(Cc2ccccc2)S(=O)(=O)c2ccc(Cl)cc2)cc1. The fourth-order valence-electron chi connectivity index (χ4n) is 2.83. The van der Waals surface area contributed by atoms with Gasteiger partial charge >= 0.3 is 0 Å². The second kappa shape index (κ2) is 11.3. The fraction of sp³-hybridized carbons (Fsp3) is 0.130. The van der Waals surface area contributed by atoms with E-state index in [4.69, 9.17) is 11.6 Å². The van der Waals surface area contributed by atoms with Crippen LogP contribution in [-0.2, 0) is 21.4 Å². The summed E-state index contributed by atoms with van der Waals surface area (Å²) in [7, 11) is -3.94. The third kappa shape index (κ3) is 6.67. The van der Waals surface area contributed by atoms with E-state index in [0.29, 0.717) is 5.02 Å². The lowest BCUT2D eigenvalue weighted by molar-refractivity contribution is -0.121. The van der Waals surface area contributed by atoms with E-state index in [-0.39, 0.29) is 18.0 Å². The molecule has 0 spiro atoms. The lowest BCUT2D eigenvalue weighted by Crippen LogP contribution is -2.39. The highest BCUT2D eigenvalue weighted by Crippen LogP contribution is 2.20. The molecule has 0 saturated heterocycles. The van der Waals surface area contributed by atoms with E-state index in [1.165, 1.54) is 30.5 Å². The fourth-order valence-corrected chi connectivity index (χ4v) is 4.75. The maximum absolute atomic E-state index is 13.2. The van der Waals surface area contributed by atoms with Crippen LogP contribution in [-0.4, -0.2) is 37.6 Å². The number of amides is 1. The first-order valence-electron chi connectivity index (χ1n) is 9.64. The molecule has 0 atom stereocenters. The third-order valence-electron chi connectivity index (χ3n) is 4.49. The molecular formula is C23H22ClN3O3S2. The molecule has 6 nitrogen and oxygen atoms in total. The molecule has 166 valence electrons. The zero-order valence-electron chi connectivity index (χ0n) is 17.3. The van der Waals surface area contributed by atoms with Gasteiger partial charge in [-0.25, -0.2) is 13.8 Å². The van der Waals surface area contributed by atoms with Crippen LogP contribution in [0.4, 0.5) is 0 Å². The summed E-state index contributed by atoms with van der Waals surface area (Å²) in [6.45, 7) is -0.346. The van der Waals surface area contributed by atoms with Crippen LogP contribution in [0.25, 0.3) is 0 Å². The molecule has 1 N–H and O–H groups in total. The summed E-state index contributed by atoms with van der Waals surface area (Å²) >= 11 is 7.52. The minimum Gasteiger partial charge on any atom is -0.272 e. The lowest BCUT2D eigenvalue weighted by atomic mass is 10.2. The molecule has 0 aliphatic rings. The number of hydrazone groups is 1. The van der Waals surface area contributed by atoms with Crippen molar-refractivity contribution < 1.29 is 13.2 Å². The van der Waals surface area contributed by atoms with Gasteiger partial charge in [0.2, 0.25) is 10.0 Å². The number of carbonyl (C=O) groups excluding carboxylic acids is 1. The second-order valence-corrected chi connectivity index (χ2v) is 10.0. The van der Waals surface area contributed by atoms with Gasteiger partial charge in [0, 0.05) is 16.5 Å². The Morgan fingerprint density at radius 1 is 1.03 bits per heavy atom. The Morgan fingerprint density at radius 2 is 1.69 bits per heavy atom. The minimum atomic E-state index is -3.94. The number of nitrogens with one attached hydrogen (secondary N) is 1. The van der Waals surface area contributed by atoms with Gasteiger partial charge in [-0.15, -0.1) is 11.8 Å². The molecule has 3 aromatic rings. The van der Waals surface area contributed by atoms with Gasteiger partial charge in [-0.05, 0) is 53.8 Å². The molecule has 3 aromatic carbocycles. The minimum absolute atomic E-state index is 0.0408. The molecule has 1 amide bonds. The number of hydrogen-bond acceptors (Lipinski definition) is 5. The Labute approximate surface area is 197 Å². The van der Waals surface area contributed by atoms with Crippen LogP contribution in [0.1, 0.15) is 11.1 Å². The first-order chi connectivity index (χ1) is 15.4. The highest BCUT2D eigenvalue weighted by atomic mass is 35.5. The van der Waals surface area contributed by atoms with Crippen LogP contribution in [0.3, 0.4) is 0 Å². The van der Waals surface area contributed by atoms with Crippen molar-refractivity contribution in [3.63, 3.8) is 0 Å². The summed E-state index contributed by atoms with van der Waals surface area (Å²) in [5.74, 6) is -0.546. The molecule has 0 unspecified atom stereocenters. The molecule has 0 aliphatic heterocycles. The van der Waals surface area contributed by atoms with E-state index in [0.717, 1.165) is 20.3 Å². The van der Waals surface area contributed by atoms with Gasteiger partial charge in [0.1, 0.15) is 0 Å². The first-order valence-corrected chi connectivity index (χ1v) is 12.7. The smallest absolute Gasteiger partial charge is 0.255 e. The average molecular weight is 488 g/mol. The van der Waals surface area contributed by atoms with Crippen molar-refractivity contribution in [2.45, 2.75) is 16.3 Å². The molecular weight excluding hydrogens is 466 g/mol. The van der Waals surface area contributed by atoms with Crippen molar-refractivity contribution in [2.75, 3.05) is 12.8 Å². The lowest BCUT2D eigenvalue weighted by Gasteiger charge is -2.21. The van der Waals surface area contributed by atoms with Crippen LogP contribution in [0.15, 0.2) is 93.8 Å². The van der Waals surface area contributed by atoms with Gasteiger partial charge in [0.15, 0.2) is 0 Å². The molecule has 9 heteroatoms. The molecule has 0 radical (unpaired) electrons. The van der Waals surface area contributed by atoms with Crippen molar-refractivity contribution in [3.05, 3.63) is 95.0 Å². The Morgan fingerprint density at radius 3 is 2.31 bits per heavy atom. The van der Waals surface area contributed by atoms with E-state index in [2.05, 4.69) is 10.5 Å². The van der Waals surface area contributed by atoms with Crippen LogP contribution in [0, 0.1) is 0 Å². The van der Waals surface area contributed by atoms with Gasteiger partial charge in [-0.3, -0.25) is 4.79 Å².